The molecule has 0 fully saturated rings. The van der Waals surface area contributed by atoms with E-state index in [1.807, 2.05) is 0 Å². The topological polar surface area (TPSA) is 81.4 Å². The Morgan fingerprint density at radius 1 is 1.45 bits per heavy atom. The minimum atomic E-state index is -0.756. The van der Waals surface area contributed by atoms with Crippen molar-refractivity contribution in [3.8, 4) is 5.75 Å². The van der Waals surface area contributed by atoms with Crippen LogP contribution >= 0.6 is 22.5 Å². The molecular formula is C13H13ClN2O3S. The number of carbonyl (C=O) groups is 2. The minimum Gasteiger partial charge on any atom is -0.482 e. The fraction of sp³-hybridized carbons (Fsp3) is 0.231. The number of nitrogens with two attached hydrogens (primary N) is 1. The van der Waals surface area contributed by atoms with Gasteiger partial charge in [0.05, 0.1) is 5.56 Å². The molecule has 5 nitrogen and oxygen atoms in total. The van der Waals surface area contributed by atoms with Crippen LogP contribution in [0.3, 0.4) is 0 Å². The van der Waals surface area contributed by atoms with E-state index in [0.717, 1.165) is 10.9 Å². The van der Waals surface area contributed by atoms with Gasteiger partial charge in [-0.05, 0) is 32.2 Å². The molecule has 1 unspecified atom stereocenters. The predicted molar refractivity (Wildman–Crippen MR) is 81.7 cm³/mol. The van der Waals surface area contributed by atoms with E-state index in [4.69, 9.17) is 22.1 Å². The van der Waals surface area contributed by atoms with E-state index in [1.54, 1.807) is 26.1 Å². The molecule has 0 amide bonds. The lowest BCUT2D eigenvalue weighted by Crippen LogP contribution is -2.33. The second kappa shape index (κ2) is 5.88. The van der Waals surface area contributed by atoms with Gasteiger partial charge in [0.2, 0.25) is 11.6 Å². The van der Waals surface area contributed by atoms with Crippen molar-refractivity contribution >= 4 is 44.1 Å². The molecule has 0 bridgehead atoms. The number of hydrogen-bond acceptors (Lipinski definition) is 3. The lowest BCUT2D eigenvalue weighted by molar-refractivity contribution is -0.118. The molecule has 1 aromatic carbocycles. The second-order valence-corrected chi connectivity index (χ2v) is 5.63. The molecule has 0 radical (unpaired) electrons. The molecule has 0 saturated carbocycles. The van der Waals surface area contributed by atoms with E-state index < -0.39 is 17.7 Å². The van der Waals surface area contributed by atoms with Crippen LogP contribution < -0.4 is 15.8 Å². The number of carbonyl (C=O) groups excluding carboxylic acids is 2. The second-order valence-electron chi connectivity index (χ2n) is 4.14. The summed E-state index contributed by atoms with van der Waals surface area (Å²) in [5.41, 5.74) is 5.92. The smallest absolute Gasteiger partial charge is 0.216 e. The number of hydrogen-bond donors (Lipinski definition) is 2. The van der Waals surface area contributed by atoms with Crippen molar-refractivity contribution in [1.82, 2.24) is 5.32 Å². The van der Waals surface area contributed by atoms with Crippen LogP contribution in [0.4, 0.5) is 0 Å². The van der Waals surface area contributed by atoms with Crippen molar-refractivity contribution < 1.29 is 14.3 Å². The van der Waals surface area contributed by atoms with E-state index in [9.17, 15) is 9.59 Å². The number of ether oxygens (including phenoxy) is 1. The molecule has 1 heterocycles. The molecule has 0 aromatic heterocycles. The van der Waals surface area contributed by atoms with E-state index in [-0.39, 0.29) is 15.5 Å². The van der Waals surface area contributed by atoms with Crippen LogP contribution in [0.2, 0.25) is 5.02 Å². The normalized spacial score (nSPS) is 18.2. The SMILES string of the molecule is CNC(N)=S=C1C(=O)c2cc(Cl)ccc2OC(C)C1=O. The number of halogens is 1. The van der Waals surface area contributed by atoms with Gasteiger partial charge < -0.3 is 4.74 Å². The van der Waals surface area contributed by atoms with Crippen LogP contribution in [-0.4, -0.2) is 34.7 Å². The predicted octanol–water partition coefficient (Wildman–Crippen LogP) is 1.04. The first-order valence-electron chi connectivity index (χ1n) is 5.84. The van der Waals surface area contributed by atoms with Crippen LogP contribution in [0.15, 0.2) is 18.2 Å². The molecule has 1 atom stereocenters. The molecule has 0 saturated heterocycles. The number of ketones is 2. The molecule has 2 rings (SSSR count). The average molecular weight is 313 g/mol. The summed E-state index contributed by atoms with van der Waals surface area (Å²) in [6, 6.07) is 4.68. The molecule has 0 aliphatic carbocycles. The summed E-state index contributed by atoms with van der Waals surface area (Å²) >= 11 is 5.90. The number of rotatable bonds is 0. The van der Waals surface area contributed by atoms with Crippen LogP contribution in [0.1, 0.15) is 17.3 Å². The summed E-state index contributed by atoms with van der Waals surface area (Å²) in [5, 5.41) is 3.35. The molecule has 1 aromatic rings. The highest BCUT2D eigenvalue weighted by Gasteiger charge is 2.32. The Labute approximate surface area is 124 Å². The van der Waals surface area contributed by atoms with Crippen LogP contribution in [-0.2, 0) is 4.79 Å². The molecule has 0 spiro atoms. The first kappa shape index (κ1) is 14.9. The minimum absolute atomic E-state index is 0.0189. The third-order valence-electron chi connectivity index (χ3n) is 2.75. The summed E-state index contributed by atoms with van der Waals surface area (Å²) in [6.07, 6.45) is -0.756. The van der Waals surface area contributed by atoms with Crippen molar-refractivity contribution in [3.63, 3.8) is 0 Å². The lowest BCUT2D eigenvalue weighted by atomic mass is 10.0. The van der Waals surface area contributed by atoms with Gasteiger partial charge in [-0.25, -0.2) is 0 Å². The van der Waals surface area contributed by atoms with Crippen LogP contribution in [0.5, 0.6) is 5.75 Å². The van der Waals surface area contributed by atoms with Gasteiger partial charge in [0, 0.05) is 5.02 Å². The van der Waals surface area contributed by atoms with Crippen molar-refractivity contribution in [1.29, 1.82) is 0 Å². The summed E-state index contributed by atoms with van der Waals surface area (Å²) in [4.78, 5) is 24.7. The standard InChI is InChI=1S/C13H13ClN2O3S/c1-6-10(17)12(20-13(15)16-2)11(18)8-5-7(14)3-4-9(8)19-6/h3-6,16H,15H2,1-2H3. The van der Waals surface area contributed by atoms with Gasteiger partial charge in [-0.1, -0.05) is 11.6 Å². The number of Topliss-reactive ketones (excluding diaryl/α,β-unsaturated/α-hetero) is 2. The molecule has 1 aliphatic heterocycles. The monoisotopic (exact) mass is 312 g/mol. The van der Waals surface area contributed by atoms with Crippen molar-refractivity contribution in [2.24, 2.45) is 5.73 Å². The van der Waals surface area contributed by atoms with Gasteiger partial charge in [-0.15, -0.1) is 10.9 Å². The fourth-order valence-corrected chi connectivity index (χ4v) is 2.67. The summed E-state index contributed by atoms with van der Waals surface area (Å²) in [6.45, 7) is 1.59. The summed E-state index contributed by atoms with van der Waals surface area (Å²) < 4.78 is 5.51. The van der Waals surface area contributed by atoms with Crippen LogP contribution in [0, 0.1) is 0 Å². The third kappa shape index (κ3) is 2.83. The maximum absolute atomic E-state index is 12.5. The molecular weight excluding hydrogens is 300 g/mol. The van der Waals surface area contributed by atoms with E-state index in [1.165, 1.54) is 6.07 Å². The maximum Gasteiger partial charge on any atom is 0.216 e. The molecule has 20 heavy (non-hydrogen) atoms. The molecule has 1 aliphatic rings. The average Bonchev–Trinajstić information content (AvgIpc) is 2.51. The van der Waals surface area contributed by atoms with E-state index >= 15 is 0 Å². The van der Waals surface area contributed by atoms with E-state index in [2.05, 4.69) is 5.32 Å². The van der Waals surface area contributed by atoms with Crippen molar-refractivity contribution in [2.45, 2.75) is 13.0 Å². The molecule has 106 valence electrons. The first-order valence-corrected chi connectivity index (χ1v) is 7.03. The van der Waals surface area contributed by atoms with Gasteiger partial charge >= 0.3 is 0 Å². The Hall–Kier alpha value is -1.47. The molecule has 3 N–H and O–H groups in total. The number of fused-ring (bicyclic) bond motifs is 1. The summed E-state index contributed by atoms with van der Waals surface area (Å²) in [7, 11) is 2.51. The number of benzene rings is 1. The summed E-state index contributed by atoms with van der Waals surface area (Å²) in [5.74, 6) is -0.482. The number of nitrogens with one attached hydrogen (secondary N) is 1. The Morgan fingerprint density at radius 2 is 2.15 bits per heavy atom. The lowest BCUT2D eigenvalue weighted by Gasteiger charge is -2.10. The largest absolute Gasteiger partial charge is 0.482 e. The Morgan fingerprint density at radius 3 is 2.80 bits per heavy atom. The van der Waals surface area contributed by atoms with Crippen LogP contribution in [0.25, 0.3) is 0 Å². The fourth-order valence-electron chi connectivity index (χ4n) is 1.70. The first-order chi connectivity index (χ1) is 9.43. The van der Waals surface area contributed by atoms with Crippen molar-refractivity contribution in [2.75, 3.05) is 7.05 Å². The third-order valence-corrected chi connectivity index (χ3v) is 4.00. The zero-order valence-electron chi connectivity index (χ0n) is 10.9. The Kier molecular flexibility index (Phi) is 4.39. The van der Waals surface area contributed by atoms with Gasteiger partial charge in [-0.2, -0.15) is 0 Å². The zero-order valence-corrected chi connectivity index (χ0v) is 12.5. The maximum atomic E-state index is 12.5. The highest BCUT2D eigenvalue weighted by Crippen LogP contribution is 2.27. The quantitative estimate of drug-likeness (QED) is 0.700. The highest BCUT2D eigenvalue weighted by molar-refractivity contribution is 8.00. The molecule has 7 heteroatoms. The van der Waals surface area contributed by atoms with Gasteiger partial charge in [-0.3, -0.25) is 20.6 Å². The van der Waals surface area contributed by atoms with Crippen molar-refractivity contribution in [3.05, 3.63) is 28.8 Å². The van der Waals surface area contributed by atoms with Gasteiger partial charge in [0.25, 0.3) is 0 Å². The highest BCUT2D eigenvalue weighted by atomic mass is 35.5. The van der Waals surface area contributed by atoms with Gasteiger partial charge in [0.15, 0.2) is 6.10 Å². The zero-order chi connectivity index (χ0) is 14.9. The van der Waals surface area contributed by atoms with Gasteiger partial charge in [0.1, 0.15) is 15.7 Å². The Bertz CT molecular complexity index is 666. The van der Waals surface area contributed by atoms with E-state index in [0.29, 0.717) is 10.8 Å². The Balaban J connectivity index is 2.69.